The Kier molecular flexibility index (Phi) is 4.75. The molecule has 0 unspecified atom stereocenters. The maximum Gasteiger partial charge on any atom is 0.404 e. The van der Waals surface area contributed by atoms with E-state index in [0.717, 1.165) is 12.1 Å². The van der Waals surface area contributed by atoms with Crippen LogP contribution in [-0.2, 0) is 10.0 Å². The molecule has 0 aliphatic heterocycles. The van der Waals surface area contributed by atoms with E-state index in [9.17, 15) is 30.4 Å². The molecule has 0 aliphatic carbocycles. The van der Waals surface area contributed by atoms with E-state index in [4.69, 9.17) is 0 Å². The minimum absolute atomic E-state index is 0.155. The predicted molar refractivity (Wildman–Crippen MR) is 62.0 cm³/mol. The molecule has 0 bridgehead atoms. The molecule has 3 nitrogen and oxygen atoms in total. The first-order valence-electron chi connectivity index (χ1n) is 5.43. The van der Waals surface area contributed by atoms with Gasteiger partial charge in [-0.1, -0.05) is 6.07 Å². The molecule has 0 radical (unpaired) electrons. The molecule has 1 N–H and O–H groups in total. The normalized spacial score (nSPS) is 14.6. The molecule has 1 aromatic carbocycles. The summed E-state index contributed by atoms with van der Waals surface area (Å²) in [5.74, 6) is 0. The minimum atomic E-state index is -4.76. The largest absolute Gasteiger partial charge is 0.404 e. The fourth-order valence-corrected chi connectivity index (χ4v) is 2.65. The molecule has 0 heterocycles. The summed E-state index contributed by atoms with van der Waals surface area (Å²) >= 11 is 0. The van der Waals surface area contributed by atoms with Crippen molar-refractivity contribution in [1.29, 1.82) is 0 Å². The first-order chi connectivity index (χ1) is 8.95. The van der Waals surface area contributed by atoms with Crippen molar-refractivity contribution >= 4 is 10.0 Å². The number of sulfonamides is 1. The lowest BCUT2D eigenvalue weighted by Gasteiger charge is -2.17. The lowest BCUT2D eigenvalue weighted by atomic mass is 10.1. The number of hydrogen-bond acceptors (Lipinski definition) is 2. The molecule has 20 heavy (non-hydrogen) atoms. The van der Waals surface area contributed by atoms with Crippen LogP contribution in [-0.4, -0.2) is 20.6 Å². The quantitative estimate of drug-likeness (QED) is 0.867. The van der Waals surface area contributed by atoms with Crippen LogP contribution in [0.1, 0.15) is 24.5 Å². The number of alkyl halides is 5. The summed E-state index contributed by atoms with van der Waals surface area (Å²) < 4.78 is 87.1. The van der Waals surface area contributed by atoms with Gasteiger partial charge in [-0.2, -0.15) is 17.9 Å². The van der Waals surface area contributed by atoms with E-state index in [1.807, 2.05) is 0 Å². The van der Waals surface area contributed by atoms with E-state index < -0.39 is 39.1 Å². The van der Waals surface area contributed by atoms with Gasteiger partial charge in [0, 0.05) is 5.56 Å². The van der Waals surface area contributed by atoms with Gasteiger partial charge in [-0.25, -0.2) is 17.2 Å². The number of halogens is 5. The zero-order valence-electron chi connectivity index (χ0n) is 10.5. The van der Waals surface area contributed by atoms with E-state index in [0.29, 0.717) is 13.0 Å². The van der Waals surface area contributed by atoms with Crippen LogP contribution in [0, 0.1) is 6.92 Å². The highest BCUT2D eigenvalue weighted by Crippen LogP contribution is 2.26. The maximum atomic E-state index is 12.7. The van der Waals surface area contributed by atoms with Crippen molar-refractivity contribution in [2.45, 2.75) is 37.4 Å². The molecule has 0 saturated heterocycles. The summed E-state index contributed by atoms with van der Waals surface area (Å²) in [5.41, 5.74) is -0.379. The zero-order valence-corrected chi connectivity index (χ0v) is 11.3. The lowest BCUT2D eigenvalue weighted by molar-refractivity contribution is -0.147. The van der Waals surface area contributed by atoms with Crippen molar-refractivity contribution in [2.24, 2.45) is 0 Å². The highest BCUT2D eigenvalue weighted by Gasteiger charge is 2.39. The third kappa shape index (κ3) is 3.89. The fraction of sp³-hybridized carbons (Fsp3) is 0.455. The first kappa shape index (κ1) is 16.8. The van der Waals surface area contributed by atoms with E-state index in [1.54, 1.807) is 0 Å². The summed E-state index contributed by atoms with van der Waals surface area (Å²) in [7, 11) is -4.52. The Hall–Kier alpha value is -1.22. The number of hydrogen-bond donors (Lipinski definition) is 1. The molecule has 1 aromatic rings. The Morgan fingerprint density at radius 2 is 1.75 bits per heavy atom. The van der Waals surface area contributed by atoms with Crippen LogP contribution in [0.5, 0.6) is 0 Å². The van der Waals surface area contributed by atoms with E-state index in [2.05, 4.69) is 0 Å². The molecule has 1 rings (SSSR count). The number of benzene rings is 1. The van der Waals surface area contributed by atoms with Gasteiger partial charge in [0.05, 0.1) is 4.90 Å². The van der Waals surface area contributed by atoms with Crippen LogP contribution < -0.4 is 4.72 Å². The summed E-state index contributed by atoms with van der Waals surface area (Å²) in [4.78, 5) is -0.630. The third-order valence-electron chi connectivity index (χ3n) is 2.62. The molecule has 0 fully saturated rings. The predicted octanol–water partition coefficient (Wildman–Crippen LogP) is 3.16. The first-order valence-corrected chi connectivity index (χ1v) is 6.91. The molecule has 0 aliphatic rings. The molecule has 114 valence electrons. The molecule has 0 aromatic heterocycles. The number of nitrogens with one attached hydrogen (secondary N) is 1. The second kappa shape index (κ2) is 5.65. The molecular weight excluding hydrogens is 305 g/mol. The van der Waals surface area contributed by atoms with Crippen LogP contribution >= 0.6 is 0 Å². The van der Waals surface area contributed by atoms with Gasteiger partial charge in [0.1, 0.15) is 6.04 Å². The Bertz CT molecular complexity index is 583. The second-order valence-electron chi connectivity index (χ2n) is 4.20. The Balaban J connectivity index is 3.14. The zero-order chi connectivity index (χ0) is 15.7. The summed E-state index contributed by atoms with van der Waals surface area (Å²) in [6.45, 7) is 1.98. The average molecular weight is 317 g/mol. The Morgan fingerprint density at radius 3 is 2.20 bits per heavy atom. The molecule has 0 saturated carbocycles. The van der Waals surface area contributed by atoms with Gasteiger partial charge in [0.25, 0.3) is 6.43 Å². The Labute approximate surface area is 112 Å². The van der Waals surface area contributed by atoms with Crippen molar-refractivity contribution in [3.8, 4) is 0 Å². The molecule has 9 heteroatoms. The van der Waals surface area contributed by atoms with Gasteiger partial charge < -0.3 is 0 Å². The van der Waals surface area contributed by atoms with E-state index in [1.165, 1.54) is 11.6 Å². The van der Waals surface area contributed by atoms with Crippen LogP contribution in [0.15, 0.2) is 23.1 Å². The average Bonchev–Trinajstić information content (AvgIpc) is 2.26. The maximum absolute atomic E-state index is 12.7. The standard InChI is InChI=1S/C11H12F5NO2S/c1-6-3-4-8(5-9(6)10(12)13)20(18,19)17-7(2)11(14,15)16/h3-5,7,10,17H,1-2H3/t7-/m0/s1. The van der Waals surface area contributed by atoms with Crippen molar-refractivity contribution in [1.82, 2.24) is 4.72 Å². The van der Waals surface area contributed by atoms with Gasteiger partial charge in [0.2, 0.25) is 10.0 Å². The lowest BCUT2D eigenvalue weighted by Crippen LogP contribution is -2.42. The van der Waals surface area contributed by atoms with Crippen LogP contribution in [0.4, 0.5) is 22.0 Å². The SMILES string of the molecule is Cc1ccc(S(=O)(=O)N[C@@H](C)C(F)(F)F)cc1C(F)F. The van der Waals surface area contributed by atoms with Crippen molar-refractivity contribution < 1.29 is 30.4 Å². The minimum Gasteiger partial charge on any atom is -0.207 e. The number of rotatable bonds is 4. The van der Waals surface area contributed by atoms with Gasteiger partial charge in [-0.05, 0) is 31.5 Å². The topological polar surface area (TPSA) is 46.2 Å². The highest BCUT2D eigenvalue weighted by atomic mass is 32.2. The van der Waals surface area contributed by atoms with E-state index >= 15 is 0 Å². The second-order valence-corrected chi connectivity index (χ2v) is 5.92. The smallest absolute Gasteiger partial charge is 0.207 e. The summed E-state index contributed by atoms with van der Waals surface area (Å²) in [5, 5.41) is 0. The number of aryl methyl sites for hydroxylation is 1. The summed E-state index contributed by atoms with van der Waals surface area (Å²) in [6, 6.07) is 0.454. The molecule has 0 amide bonds. The van der Waals surface area contributed by atoms with Crippen LogP contribution in [0.2, 0.25) is 0 Å². The van der Waals surface area contributed by atoms with Gasteiger partial charge >= 0.3 is 6.18 Å². The molecular formula is C11H12F5NO2S. The fourth-order valence-electron chi connectivity index (χ4n) is 1.39. The van der Waals surface area contributed by atoms with Crippen molar-refractivity contribution in [3.63, 3.8) is 0 Å². The summed E-state index contributed by atoms with van der Waals surface area (Å²) in [6.07, 6.45) is -7.67. The molecule has 1 atom stereocenters. The Morgan fingerprint density at radius 1 is 1.20 bits per heavy atom. The van der Waals surface area contributed by atoms with Crippen LogP contribution in [0.3, 0.4) is 0 Å². The third-order valence-corrected chi connectivity index (χ3v) is 4.16. The molecule has 0 spiro atoms. The highest BCUT2D eigenvalue weighted by molar-refractivity contribution is 7.89. The van der Waals surface area contributed by atoms with E-state index in [-0.39, 0.29) is 5.56 Å². The van der Waals surface area contributed by atoms with Gasteiger partial charge in [-0.3, -0.25) is 0 Å². The van der Waals surface area contributed by atoms with Crippen LogP contribution in [0.25, 0.3) is 0 Å². The monoisotopic (exact) mass is 317 g/mol. The van der Waals surface area contributed by atoms with Gasteiger partial charge in [-0.15, -0.1) is 0 Å². The van der Waals surface area contributed by atoms with Crippen molar-refractivity contribution in [2.75, 3.05) is 0 Å². The van der Waals surface area contributed by atoms with Crippen molar-refractivity contribution in [3.05, 3.63) is 29.3 Å². The van der Waals surface area contributed by atoms with Gasteiger partial charge in [0.15, 0.2) is 0 Å².